The molecule has 1 radical (unpaired) electrons. The third-order valence-corrected chi connectivity index (χ3v) is 1.47. The normalized spacial score (nSPS) is 15.9. The molecule has 0 aromatic heterocycles. The molecule has 1 aromatic carbocycles. The van der Waals surface area contributed by atoms with E-state index >= 15 is 0 Å². The molecule has 0 nitrogen and oxygen atoms in total. The van der Waals surface area contributed by atoms with Gasteiger partial charge in [-0.1, -0.05) is 24.3 Å². The predicted molar refractivity (Wildman–Crippen MR) is 39.7 cm³/mol. The van der Waals surface area contributed by atoms with Crippen molar-refractivity contribution < 1.29 is 8.78 Å². The lowest BCUT2D eigenvalue weighted by Crippen LogP contribution is -2.03. The van der Waals surface area contributed by atoms with Crippen molar-refractivity contribution >= 4 is 0 Å². The monoisotopic (exact) mass is 155 g/mol. The molecule has 1 aromatic rings. The van der Waals surface area contributed by atoms with Gasteiger partial charge >= 0.3 is 0 Å². The summed E-state index contributed by atoms with van der Waals surface area (Å²) in [5.41, 5.74) is 0.374. The van der Waals surface area contributed by atoms with Crippen LogP contribution in [0.2, 0.25) is 0 Å². The van der Waals surface area contributed by atoms with Crippen LogP contribution in [-0.4, -0.2) is 6.17 Å². The van der Waals surface area contributed by atoms with Crippen molar-refractivity contribution in [3.8, 4) is 0 Å². The number of benzene rings is 1. The highest BCUT2D eigenvalue weighted by molar-refractivity contribution is 5.17. The maximum absolute atomic E-state index is 12.9. The van der Waals surface area contributed by atoms with Crippen LogP contribution in [-0.2, 0) is 0 Å². The Bertz CT molecular complexity index is 206. The lowest BCUT2D eigenvalue weighted by Gasteiger charge is -2.07. The van der Waals surface area contributed by atoms with Crippen molar-refractivity contribution in [3.05, 3.63) is 35.9 Å². The van der Waals surface area contributed by atoms with Gasteiger partial charge in [-0.2, -0.15) is 0 Å². The van der Waals surface area contributed by atoms with Crippen molar-refractivity contribution in [1.29, 1.82) is 0 Å². The lowest BCUT2D eigenvalue weighted by atomic mass is 10.1. The van der Waals surface area contributed by atoms with E-state index in [9.17, 15) is 8.78 Å². The van der Waals surface area contributed by atoms with Crippen LogP contribution in [0.5, 0.6) is 0 Å². The molecule has 2 atom stereocenters. The van der Waals surface area contributed by atoms with Gasteiger partial charge in [0.05, 0.1) is 0 Å². The van der Waals surface area contributed by atoms with Crippen LogP contribution < -0.4 is 0 Å². The van der Waals surface area contributed by atoms with Gasteiger partial charge in [-0.3, -0.25) is 0 Å². The van der Waals surface area contributed by atoms with Gasteiger partial charge in [-0.05, 0) is 18.6 Å². The molecule has 0 spiro atoms. The highest BCUT2D eigenvalue weighted by Crippen LogP contribution is 2.22. The van der Waals surface area contributed by atoms with Crippen LogP contribution in [0.25, 0.3) is 0 Å². The average molecular weight is 155 g/mol. The quantitative estimate of drug-likeness (QED) is 0.616. The van der Waals surface area contributed by atoms with Gasteiger partial charge in [0.2, 0.25) is 0 Å². The van der Waals surface area contributed by atoms with Crippen molar-refractivity contribution in [2.24, 2.45) is 0 Å². The summed E-state index contributed by atoms with van der Waals surface area (Å²) in [4.78, 5) is 0. The Morgan fingerprint density at radius 2 is 1.82 bits per heavy atom. The number of hydrogen-bond donors (Lipinski definition) is 0. The molecule has 11 heavy (non-hydrogen) atoms. The molecule has 0 saturated carbocycles. The van der Waals surface area contributed by atoms with E-state index in [1.807, 2.05) is 0 Å². The van der Waals surface area contributed by atoms with Gasteiger partial charge in [0.15, 0.2) is 6.17 Å². The number of alkyl halides is 2. The fourth-order valence-corrected chi connectivity index (χ4v) is 0.849. The van der Waals surface area contributed by atoms with Crippen molar-refractivity contribution in [2.75, 3.05) is 0 Å². The summed E-state index contributed by atoms with van der Waals surface area (Å²) in [7, 11) is 0. The molecular weight excluding hydrogens is 146 g/mol. The van der Waals surface area contributed by atoms with E-state index < -0.39 is 12.3 Å². The SMILES string of the molecule is CC(F)C(F)c1cc[c]cc1. The molecule has 0 aliphatic heterocycles. The summed E-state index contributed by atoms with van der Waals surface area (Å²) in [6.45, 7) is 1.21. The first kappa shape index (κ1) is 8.18. The van der Waals surface area contributed by atoms with E-state index in [0.717, 1.165) is 0 Å². The van der Waals surface area contributed by atoms with E-state index in [0.29, 0.717) is 5.56 Å². The molecule has 1 rings (SSSR count). The zero-order valence-electron chi connectivity index (χ0n) is 6.22. The van der Waals surface area contributed by atoms with E-state index in [1.165, 1.54) is 19.1 Å². The van der Waals surface area contributed by atoms with E-state index in [2.05, 4.69) is 6.07 Å². The topological polar surface area (TPSA) is 0 Å². The molecule has 0 amide bonds. The number of halogens is 2. The summed E-state index contributed by atoms with van der Waals surface area (Å²) in [5.74, 6) is 0. The predicted octanol–water partition coefficient (Wildman–Crippen LogP) is 2.86. The Hall–Kier alpha value is -0.920. The lowest BCUT2D eigenvalue weighted by molar-refractivity contribution is 0.185. The minimum absolute atomic E-state index is 0.374. The van der Waals surface area contributed by atoms with Gasteiger partial charge in [0, 0.05) is 0 Å². The second-order valence-electron chi connectivity index (χ2n) is 2.41. The van der Waals surface area contributed by atoms with Gasteiger partial charge in [0.1, 0.15) is 6.17 Å². The fourth-order valence-electron chi connectivity index (χ4n) is 0.849. The molecular formula is C9H9F2. The van der Waals surface area contributed by atoms with Gasteiger partial charge in [0.25, 0.3) is 0 Å². The standard InChI is InChI=1S/C9H9F2/c1-7(10)9(11)8-5-3-2-4-6-8/h3-7,9H,1H3. The number of hydrogen-bond acceptors (Lipinski definition) is 0. The van der Waals surface area contributed by atoms with Crippen LogP contribution in [0.3, 0.4) is 0 Å². The molecule has 2 unspecified atom stereocenters. The molecule has 59 valence electrons. The minimum Gasteiger partial charge on any atom is -0.244 e. The first-order valence-corrected chi connectivity index (χ1v) is 3.46. The van der Waals surface area contributed by atoms with Crippen molar-refractivity contribution in [1.82, 2.24) is 0 Å². The third-order valence-electron chi connectivity index (χ3n) is 1.47. The Morgan fingerprint density at radius 1 is 1.27 bits per heavy atom. The zero-order valence-corrected chi connectivity index (χ0v) is 6.22. The summed E-state index contributed by atoms with van der Waals surface area (Å²) in [6, 6.07) is 8.94. The van der Waals surface area contributed by atoms with E-state index in [4.69, 9.17) is 0 Å². The molecule has 0 fully saturated rings. The number of rotatable bonds is 2. The van der Waals surface area contributed by atoms with Gasteiger partial charge in [-0.15, -0.1) is 0 Å². The third kappa shape index (κ3) is 2.00. The summed E-state index contributed by atoms with van der Waals surface area (Å²) >= 11 is 0. The highest BCUT2D eigenvalue weighted by Gasteiger charge is 2.16. The molecule has 0 heterocycles. The Balaban J connectivity index is 2.77. The maximum atomic E-state index is 12.9. The van der Waals surface area contributed by atoms with Crippen molar-refractivity contribution in [2.45, 2.75) is 19.3 Å². The second kappa shape index (κ2) is 3.46. The van der Waals surface area contributed by atoms with Crippen LogP contribution in [0.15, 0.2) is 24.3 Å². The molecule has 0 aliphatic carbocycles. The highest BCUT2D eigenvalue weighted by atomic mass is 19.2. The molecule has 0 bridgehead atoms. The molecule has 2 heteroatoms. The van der Waals surface area contributed by atoms with Crippen LogP contribution in [0.4, 0.5) is 8.78 Å². The van der Waals surface area contributed by atoms with Gasteiger partial charge < -0.3 is 0 Å². The summed E-state index contributed by atoms with van der Waals surface area (Å²) < 4.78 is 25.3. The molecule has 0 N–H and O–H groups in total. The largest absolute Gasteiger partial charge is 0.244 e. The van der Waals surface area contributed by atoms with Crippen LogP contribution in [0, 0.1) is 6.07 Å². The first-order chi connectivity index (χ1) is 5.22. The smallest absolute Gasteiger partial charge is 0.156 e. The zero-order chi connectivity index (χ0) is 8.27. The fraction of sp³-hybridized carbons (Fsp3) is 0.333. The summed E-state index contributed by atoms with van der Waals surface area (Å²) in [6.07, 6.45) is -2.96. The van der Waals surface area contributed by atoms with Crippen molar-refractivity contribution in [3.63, 3.8) is 0 Å². The van der Waals surface area contributed by atoms with Crippen LogP contribution >= 0.6 is 0 Å². The van der Waals surface area contributed by atoms with Gasteiger partial charge in [-0.25, -0.2) is 8.78 Å². The van der Waals surface area contributed by atoms with E-state index in [1.54, 1.807) is 12.1 Å². The molecule has 0 saturated heterocycles. The molecule has 0 aliphatic rings. The first-order valence-electron chi connectivity index (χ1n) is 3.46. The average Bonchev–Trinajstić information content (AvgIpc) is 2.05. The second-order valence-corrected chi connectivity index (χ2v) is 2.41. The Kier molecular flexibility index (Phi) is 2.58. The Labute approximate surface area is 64.9 Å². The Morgan fingerprint density at radius 3 is 2.27 bits per heavy atom. The maximum Gasteiger partial charge on any atom is 0.156 e. The summed E-state index contributed by atoms with van der Waals surface area (Å²) in [5, 5.41) is 0. The minimum atomic E-state index is -1.51. The van der Waals surface area contributed by atoms with Crippen LogP contribution in [0.1, 0.15) is 18.7 Å². The van der Waals surface area contributed by atoms with E-state index in [-0.39, 0.29) is 0 Å².